The maximum Gasteiger partial charge on any atom is 0.243 e. The number of rotatable bonds is 9. The van der Waals surface area contributed by atoms with E-state index in [4.69, 9.17) is 27.9 Å². The molecule has 5 nitrogen and oxygen atoms in total. The number of hydrogen-bond donors (Lipinski definition) is 0. The van der Waals surface area contributed by atoms with Gasteiger partial charge in [0, 0.05) is 49.4 Å². The molecule has 1 fully saturated rings. The minimum atomic E-state index is -3.46. The van der Waals surface area contributed by atoms with Gasteiger partial charge in [0.2, 0.25) is 10.0 Å². The second-order valence-corrected chi connectivity index (χ2v) is 11.5. The second-order valence-electron chi connectivity index (χ2n) is 8.72. The Morgan fingerprint density at radius 3 is 1.91 bits per heavy atom. The molecule has 0 radical (unpaired) electrons. The smallest absolute Gasteiger partial charge is 0.243 e. The average Bonchev–Trinajstić information content (AvgIpc) is 2.86. The highest BCUT2D eigenvalue weighted by Gasteiger charge is 2.29. The van der Waals surface area contributed by atoms with Gasteiger partial charge in [-0.25, -0.2) is 8.42 Å². The van der Waals surface area contributed by atoms with Crippen LogP contribution in [-0.2, 0) is 14.8 Å². The Bertz CT molecular complexity index is 1160. The molecule has 0 aromatic heterocycles. The molecule has 0 spiro atoms. The molecule has 4 rings (SSSR count). The zero-order chi connectivity index (χ0) is 24.8. The number of ether oxygens (including phenoxy) is 1. The second kappa shape index (κ2) is 11.9. The number of piperazine rings is 1. The largest absolute Gasteiger partial charge is 0.369 e. The van der Waals surface area contributed by atoms with Crippen LogP contribution in [0, 0.1) is 6.92 Å². The van der Waals surface area contributed by atoms with Crippen LogP contribution in [0.4, 0.5) is 0 Å². The first-order valence-corrected chi connectivity index (χ1v) is 13.9. The molecule has 8 heteroatoms. The van der Waals surface area contributed by atoms with E-state index in [-0.39, 0.29) is 6.10 Å². The summed E-state index contributed by atoms with van der Waals surface area (Å²) in [5.74, 6) is 0. The summed E-state index contributed by atoms with van der Waals surface area (Å²) in [6, 6.07) is 22.6. The minimum absolute atomic E-state index is 0.208. The van der Waals surface area contributed by atoms with Crippen molar-refractivity contribution in [2.45, 2.75) is 24.3 Å². The molecule has 35 heavy (non-hydrogen) atoms. The maximum atomic E-state index is 13.0. The van der Waals surface area contributed by atoms with E-state index in [9.17, 15) is 8.42 Å². The Hall–Kier alpha value is -1.93. The first-order chi connectivity index (χ1) is 16.8. The molecular formula is C27H30Cl2N2O3S. The van der Waals surface area contributed by atoms with Crippen LogP contribution >= 0.6 is 23.2 Å². The molecule has 1 aliphatic rings. The van der Waals surface area contributed by atoms with Crippen LogP contribution in [0.3, 0.4) is 0 Å². The number of benzene rings is 3. The first-order valence-electron chi connectivity index (χ1n) is 11.8. The standard InChI is InChI=1S/C27H30Cl2N2O3S/c1-21-5-2-3-6-26(21)35(32,33)31-18-16-30(17-19-31)15-4-20-34-27(22-7-11-24(28)12-8-22)23-9-13-25(29)14-10-23/h2-3,5-14,27H,4,15-20H2,1H3. The fourth-order valence-corrected chi connectivity index (χ4v) is 6.23. The van der Waals surface area contributed by atoms with Crippen LogP contribution < -0.4 is 0 Å². The molecule has 1 saturated heterocycles. The van der Waals surface area contributed by atoms with Gasteiger partial charge in [-0.05, 0) is 60.4 Å². The fourth-order valence-electron chi connectivity index (χ4n) is 4.33. The fraction of sp³-hybridized carbons (Fsp3) is 0.333. The van der Waals surface area contributed by atoms with Crippen LogP contribution in [0.25, 0.3) is 0 Å². The Balaban J connectivity index is 1.30. The highest BCUT2D eigenvalue weighted by Crippen LogP contribution is 2.28. The quantitative estimate of drug-likeness (QED) is 0.326. The van der Waals surface area contributed by atoms with Gasteiger partial charge in [0.15, 0.2) is 0 Å². The third kappa shape index (κ3) is 6.64. The van der Waals surface area contributed by atoms with Gasteiger partial charge in [0.1, 0.15) is 6.10 Å². The third-order valence-corrected chi connectivity index (χ3v) is 8.85. The third-order valence-electron chi connectivity index (χ3n) is 6.29. The number of halogens is 2. The van der Waals surface area contributed by atoms with Crippen LogP contribution in [0.5, 0.6) is 0 Å². The minimum Gasteiger partial charge on any atom is -0.369 e. The van der Waals surface area contributed by atoms with E-state index in [1.807, 2.05) is 67.6 Å². The maximum absolute atomic E-state index is 13.0. The number of aryl methyl sites for hydroxylation is 1. The molecule has 3 aromatic rings. The van der Waals surface area contributed by atoms with Crippen molar-refractivity contribution in [3.63, 3.8) is 0 Å². The lowest BCUT2D eigenvalue weighted by Gasteiger charge is -2.34. The van der Waals surface area contributed by atoms with Crippen molar-refractivity contribution in [3.05, 3.63) is 99.5 Å². The van der Waals surface area contributed by atoms with Crippen LogP contribution in [-0.4, -0.2) is 57.0 Å². The summed E-state index contributed by atoms with van der Waals surface area (Å²) in [4.78, 5) is 2.70. The van der Waals surface area contributed by atoms with E-state index >= 15 is 0 Å². The monoisotopic (exact) mass is 532 g/mol. The number of nitrogens with zero attached hydrogens (tertiary/aromatic N) is 2. The lowest BCUT2D eigenvalue weighted by Crippen LogP contribution is -2.48. The van der Waals surface area contributed by atoms with E-state index in [0.717, 1.165) is 29.7 Å². The summed E-state index contributed by atoms with van der Waals surface area (Å²) in [7, 11) is -3.46. The van der Waals surface area contributed by atoms with Crippen molar-refractivity contribution in [2.75, 3.05) is 39.3 Å². The highest BCUT2D eigenvalue weighted by molar-refractivity contribution is 7.89. The number of sulfonamides is 1. The zero-order valence-electron chi connectivity index (χ0n) is 19.7. The predicted molar refractivity (Wildman–Crippen MR) is 142 cm³/mol. The van der Waals surface area contributed by atoms with Crippen LogP contribution in [0.15, 0.2) is 77.7 Å². The summed E-state index contributed by atoms with van der Waals surface area (Å²) >= 11 is 12.1. The molecule has 186 valence electrons. The molecule has 0 amide bonds. The Kier molecular flexibility index (Phi) is 8.87. The molecule has 0 N–H and O–H groups in total. The van der Waals surface area contributed by atoms with E-state index in [1.165, 1.54) is 0 Å². The molecule has 3 aromatic carbocycles. The van der Waals surface area contributed by atoms with Crippen molar-refractivity contribution < 1.29 is 13.2 Å². The summed E-state index contributed by atoms with van der Waals surface area (Å²) in [6.07, 6.45) is 0.642. The predicted octanol–water partition coefficient (Wildman–Crippen LogP) is 5.80. The first kappa shape index (κ1) is 26.1. The van der Waals surface area contributed by atoms with Gasteiger partial charge in [-0.2, -0.15) is 4.31 Å². The molecule has 0 bridgehead atoms. The van der Waals surface area contributed by atoms with E-state index in [1.54, 1.807) is 16.4 Å². The van der Waals surface area contributed by atoms with Gasteiger partial charge >= 0.3 is 0 Å². The van der Waals surface area contributed by atoms with E-state index in [2.05, 4.69) is 4.90 Å². The Labute approximate surface area is 218 Å². The van der Waals surface area contributed by atoms with Crippen molar-refractivity contribution in [2.24, 2.45) is 0 Å². The Morgan fingerprint density at radius 2 is 1.37 bits per heavy atom. The Morgan fingerprint density at radius 1 is 0.829 bits per heavy atom. The summed E-state index contributed by atoms with van der Waals surface area (Å²) in [6.45, 7) is 5.69. The molecule has 1 aliphatic heterocycles. The van der Waals surface area contributed by atoms with Gasteiger partial charge in [0.25, 0.3) is 0 Å². The SMILES string of the molecule is Cc1ccccc1S(=O)(=O)N1CCN(CCCOC(c2ccc(Cl)cc2)c2ccc(Cl)cc2)CC1. The van der Waals surface area contributed by atoms with Gasteiger partial charge in [0.05, 0.1) is 4.90 Å². The van der Waals surface area contributed by atoms with Gasteiger partial charge < -0.3 is 9.64 Å². The van der Waals surface area contributed by atoms with Crippen LogP contribution in [0.2, 0.25) is 10.0 Å². The van der Waals surface area contributed by atoms with Gasteiger partial charge in [-0.15, -0.1) is 0 Å². The molecule has 0 unspecified atom stereocenters. The highest BCUT2D eigenvalue weighted by atomic mass is 35.5. The van der Waals surface area contributed by atoms with Gasteiger partial charge in [-0.3, -0.25) is 0 Å². The van der Waals surface area contributed by atoms with Crippen LogP contribution in [0.1, 0.15) is 29.2 Å². The van der Waals surface area contributed by atoms with Crippen molar-refractivity contribution in [1.82, 2.24) is 9.21 Å². The summed E-state index contributed by atoms with van der Waals surface area (Å²) in [5.41, 5.74) is 2.85. The lowest BCUT2D eigenvalue weighted by atomic mass is 10.0. The summed E-state index contributed by atoms with van der Waals surface area (Å²) in [5, 5.41) is 1.37. The topological polar surface area (TPSA) is 49.9 Å². The van der Waals surface area contributed by atoms with E-state index in [0.29, 0.717) is 47.7 Å². The van der Waals surface area contributed by atoms with Crippen molar-refractivity contribution in [1.29, 1.82) is 0 Å². The average molecular weight is 534 g/mol. The molecule has 0 saturated carbocycles. The molecular weight excluding hydrogens is 503 g/mol. The number of hydrogen-bond acceptors (Lipinski definition) is 4. The zero-order valence-corrected chi connectivity index (χ0v) is 22.1. The lowest BCUT2D eigenvalue weighted by molar-refractivity contribution is 0.0685. The summed E-state index contributed by atoms with van der Waals surface area (Å²) < 4.78 is 34.0. The van der Waals surface area contributed by atoms with Gasteiger partial charge in [-0.1, -0.05) is 65.7 Å². The molecule has 1 heterocycles. The normalized spacial score (nSPS) is 15.5. The van der Waals surface area contributed by atoms with Crippen molar-refractivity contribution in [3.8, 4) is 0 Å². The van der Waals surface area contributed by atoms with Crippen molar-refractivity contribution >= 4 is 33.2 Å². The van der Waals surface area contributed by atoms with E-state index < -0.39 is 10.0 Å². The molecule has 0 atom stereocenters. The molecule has 0 aliphatic carbocycles.